The second-order valence-corrected chi connectivity index (χ2v) is 5.06. The number of anilines is 1. The summed E-state index contributed by atoms with van der Waals surface area (Å²) in [4.78, 5) is 4.12. The zero-order valence-corrected chi connectivity index (χ0v) is 11.8. The Balaban J connectivity index is 2.07. The highest BCUT2D eigenvalue weighted by molar-refractivity contribution is 14.1. The Morgan fingerprint density at radius 2 is 1.88 bits per heavy atom. The first-order valence-electron chi connectivity index (χ1n) is 4.94. The van der Waals surface area contributed by atoms with Crippen molar-refractivity contribution in [3.8, 4) is 5.75 Å². The fraction of sp³-hybridized carbons (Fsp3) is 0.0833. The van der Waals surface area contributed by atoms with E-state index in [1.807, 2.05) is 24.3 Å². The molecule has 0 unspecified atom stereocenters. The molecule has 1 heterocycles. The maximum Gasteiger partial charge on any atom is 0.132 e. The van der Waals surface area contributed by atoms with Crippen LogP contribution < -0.4 is 10.5 Å². The van der Waals surface area contributed by atoms with Crippen LogP contribution in [-0.2, 0) is 6.61 Å². The maximum atomic E-state index is 5.99. The average molecular weight is 361 g/mol. The van der Waals surface area contributed by atoms with Gasteiger partial charge < -0.3 is 10.5 Å². The Morgan fingerprint density at radius 1 is 1.18 bits per heavy atom. The van der Waals surface area contributed by atoms with Crippen molar-refractivity contribution in [3.63, 3.8) is 0 Å². The first-order chi connectivity index (χ1) is 8.15. The number of nitrogen functional groups attached to an aromatic ring is 1. The molecule has 0 saturated heterocycles. The van der Waals surface area contributed by atoms with E-state index >= 15 is 0 Å². The summed E-state index contributed by atoms with van der Waals surface area (Å²) >= 11 is 8.23. The third-order valence-electron chi connectivity index (χ3n) is 2.13. The van der Waals surface area contributed by atoms with E-state index < -0.39 is 0 Å². The van der Waals surface area contributed by atoms with Gasteiger partial charge in [0.15, 0.2) is 0 Å². The van der Waals surface area contributed by atoms with Gasteiger partial charge in [-0.05, 0) is 59.0 Å². The largest absolute Gasteiger partial charge is 0.487 e. The average Bonchev–Trinajstić information content (AvgIpc) is 2.32. The van der Waals surface area contributed by atoms with Crippen molar-refractivity contribution in [2.45, 2.75) is 6.61 Å². The van der Waals surface area contributed by atoms with Gasteiger partial charge in [0.2, 0.25) is 0 Å². The van der Waals surface area contributed by atoms with Gasteiger partial charge in [0, 0.05) is 3.57 Å². The van der Waals surface area contributed by atoms with Crippen LogP contribution in [0.3, 0.4) is 0 Å². The summed E-state index contributed by atoms with van der Waals surface area (Å²) in [7, 11) is 0. The van der Waals surface area contributed by atoms with E-state index in [0.717, 1.165) is 9.32 Å². The number of hydrogen-bond acceptors (Lipinski definition) is 3. The normalized spacial score (nSPS) is 10.2. The van der Waals surface area contributed by atoms with Crippen LogP contribution in [0.4, 0.5) is 5.82 Å². The topological polar surface area (TPSA) is 48.1 Å². The molecule has 88 valence electrons. The highest BCUT2D eigenvalue weighted by Gasteiger charge is 2.03. The molecule has 1 aromatic carbocycles. The number of ether oxygens (including phenoxy) is 1. The molecule has 0 bridgehead atoms. The summed E-state index contributed by atoms with van der Waals surface area (Å²) in [5.74, 6) is 1.22. The smallest absolute Gasteiger partial charge is 0.132 e. The molecule has 0 atom stereocenters. The van der Waals surface area contributed by atoms with Crippen LogP contribution in [0.5, 0.6) is 5.75 Å². The third-order valence-corrected chi connectivity index (χ3v) is 3.19. The Morgan fingerprint density at radius 3 is 2.59 bits per heavy atom. The molecule has 2 N–H and O–H groups in total. The van der Waals surface area contributed by atoms with Crippen molar-refractivity contribution < 1.29 is 4.74 Å². The molecule has 5 heteroatoms. The molecular weight excluding hydrogens is 351 g/mol. The van der Waals surface area contributed by atoms with Gasteiger partial charge in [0.25, 0.3) is 0 Å². The summed E-state index contributed by atoms with van der Waals surface area (Å²) in [6.45, 7) is 0.310. The van der Waals surface area contributed by atoms with Gasteiger partial charge in [0.1, 0.15) is 18.2 Å². The van der Waals surface area contributed by atoms with E-state index in [9.17, 15) is 0 Å². The quantitative estimate of drug-likeness (QED) is 0.852. The van der Waals surface area contributed by atoms with Gasteiger partial charge in [-0.25, -0.2) is 4.98 Å². The lowest BCUT2D eigenvalue weighted by Gasteiger charge is -2.07. The lowest BCUT2D eigenvalue weighted by atomic mass is 10.3. The number of pyridine rings is 1. The number of aromatic nitrogens is 1. The van der Waals surface area contributed by atoms with Crippen molar-refractivity contribution in [2.75, 3.05) is 5.73 Å². The van der Waals surface area contributed by atoms with Crippen molar-refractivity contribution in [2.24, 2.45) is 0 Å². The number of nitrogens with zero attached hydrogens (tertiary/aromatic N) is 1. The van der Waals surface area contributed by atoms with E-state index in [1.165, 1.54) is 0 Å². The summed E-state index contributed by atoms with van der Waals surface area (Å²) in [5, 5.41) is 0.560. The van der Waals surface area contributed by atoms with Crippen LogP contribution in [0, 0.1) is 3.57 Å². The minimum absolute atomic E-state index is 0.310. The lowest BCUT2D eigenvalue weighted by molar-refractivity contribution is 0.301. The SMILES string of the molecule is Nc1ccc(Cl)c(COc2ccc(I)cc2)n1. The highest BCUT2D eigenvalue weighted by atomic mass is 127. The number of benzene rings is 1. The van der Waals surface area contributed by atoms with Gasteiger partial charge in [-0.2, -0.15) is 0 Å². The number of rotatable bonds is 3. The van der Waals surface area contributed by atoms with Crippen LogP contribution in [0.15, 0.2) is 36.4 Å². The minimum Gasteiger partial charge on any atom is -0.487 e. The van der Waals surface area contributed by atoms with Crippen LogP contribution in [0.1, 0.15) is 5.69 Å². The van der Waals surface area contributed by atoms with Crippen molar-refractivity contribution in [1.29, 1.82) is 0 Å². The van der Waals surface area contributed by atoms with E-state index in [-0.39, 0.29) is 0 Å². The third kappa shape index (κ3) is 3.47. The zero-order chi connectivity index (χ0) is 12.3. The molecular formula is C12H10ClIN2O. The van der Waals surface area contributed by atoms with Crippen LogP contribution in [0.2, 0.25) is 5.02 Å². The van der Waals surface area contributed by atoms with E-state index in [4.69, 9.17) is 22.1 Å². The van der Waals surface area contributed by atoms with Crippen LogP contribution >= 0.6 is 34.2 Å². The summed E-state index contributed by atoms with van der Waals surface area (Å²) in [6, 6.07) is 11.1. The Labute approximate surface area is 118 Å². The molecule has 17 heavy (non-hydrogen) atoms. The minimum atomic E-state index is 0.310. The fourth-order valence-electron chi connectivity index (χ4n) is 1.28. The monoisotopic (exact) mass is 360 g/mol. The van der Waals surface area contributed by atoms with Crippen LogP contribution in [-0.4, -0.2) is 4.98 Å². The van der Waals surface area contributed by atoms with Gasteiger partial charge in [-0.1, -0.05) is 11.6 Å². The maximum absolute atomic E-state index is 5.99. The second kappa shape index (κ2) is 5.55. The molecule has 0 aliphatic rings. The zero-order valence-electron chi connectivity index (χ0n) is 8.86. The Kier molecular flexibility index (Phi) is 4.06. The number of nitrogens with two attached hydrogens (primary N) is 1. The molecule has 0 fully saturated rings. The van der Waals surface area contributed by atoms with E-state index in [0.29, 0.717) is 23.1 Å². The fourth-order valence-corrected chi connectivity index (χ4v) is 1.80. The molecule has 0 spiro atoms. The summed E-state index contributed by atoms with van der Waals surface area (Å²) in [5.41, 5.74) is 6.23. The first kappa shape index (κ1) is 12.4. The lowest BCUT2D eigenvalue weighted by Crippen LogP contribution is -2.01. The standard InChI is InChI=1S/C12H10ClIN2O/c13-10-5-6-12(15)16-11(10)7-17-9-3-1-8(14)2-4-9/h1-6H,7H2,(H2,15,16). The first-order valence-corrected chi connectivity index (χ1v) is 6.40. The van der Waals surface area contributed by atoms with Crippen molar-refractivity contribution in [1.82, 2.24) is 4.98 Å². The van der Waals surface area contributed by atoms with E-state index in [2.05, 4.69) is 27.6 Å². The van der Waals surface area contributed by atoms with Crippen molar-refractivity contribution >= 4 is 40.0 Å². The van der Waals surface area contributed by atoms with Gasteiger partial charge in [-0.15, -0.1) is 0 Å². The van der Waals surface area contributed by atoms with Gasteiger partial charge in [-0.3, -0.25) is 0 Å². The van der Waals surface area contributed by atoms with Gasteiger partial charge in [0.05, 0.1) is 10.7 Å². The molecule has 3 nitrogen and oxygen atoms in total. The summed E-state index contributed by atoms with van der Waals surface area (Å²) in [6.07, 6.45) is 0. The number of halogens is 2. The molecule has 0 aliphatic carbocycles. The predicted octanol–water partition coefficient (Wildman–Crippen LogP) is 3.50. The summed E-state index contributed by atoms with van der Waals surface area (Å²) < 4.78 is 6.74. The van der Waals surface area contributed by atoms with Crippen LogP contribution in [0.25, 0.3) is 0 Å². The molecule has 0 aliphatic heterocycles. The van der Waals surface area contributed by atoms with Gasteiger partial charge >= 0.3 is 0 Å². The molecule has 0 saturated carbocycles. The molecule has 0 amide bonds. The predicted molar refractivity (Wildman–Crippen MR) is 77.2 cm³/mol. The second-order valence-electron chi connectivity index (χ2n) is 3.41. The molecule has 1 aromatic heterocycles. The van der Waals surface area contributed by atoms with Crippen molar-refractivity contribution in [3.05, 3.63) is 50.7 Å². The molecule has 0 radical (unpaired) electrons. The molecule has 2 aromatic rings. The number of hydrogen-bond donors (Lipinski definition) is 1. The highest BCUT2D eigenvalue weighted by Crippen LogP contribution is 2.19. The Hall–Kier alpha value is -1.01. The Bertz CT molecular complexity index is 516. The van der Waals surface area contributed by atoms with E-state index in [1.54, 1.807) is 12.1 Å². The molecule has 2 rings (SSSR count).